The molecule has 0 radical (unpaired) electrons. The molecule has 0 N–H and O–H groups in total. The summed E-state index contributed by atoms with van der Waals surface area (Å²) >= 11 is 2.35. The van der Waals surface area contributed by atoms with Gasteiger partial charge in [-0.25, -0.2) is 0 Å². The molecule has 1 heterocycles. The van der Waals surface area contributed by atoms with Crippen LogP contribution in [0.15, 0.2) is 0 Å². The number of nitrogens with zero attached hydrogens (tertiary/aromatic N) is 2. The van der Waals surface area contributed by atoms with Gasteiger partial charge in [0.05, 0.1) is 0 Å². The van der Waals surface area contributed by atoms with Crippen LogP contribution < -0.4 is 0 Å². The number of hydrogen-bond donors (Lipinski definition) is 0. The Morgan fingerprint density at radius 1 is 1.15 bits per heavy atom. The van der Waals surface area contributed by atoms with Crippen LogP contribution in [0.5, 0.6) is 0 Å². The summed E-state index contributed by atoms with van der Waals surface area (Å²) in [6, 6.07) is 0. The molecule has 0 bridgehead atoms. The molecule has 1 aliphatic heterocycles. The monoisotopic (exact) mass is 192 g/mol. The molecule has 13 heavy (non-hydrogen) atoms. The molecule has 0 amide bonds. The van der Waals surface area contributed by atoms with Crippen molar-refractivity contribution in [2.24, 2.45) is 0 Å². The van der Waals surface area contributed by atoms with Crippen LogP contribution in [0.1, 0.15) is 6.92 Å². The van der Waals surface area contributed by atoms with E-state index in [1.165, 1.54) is 37.4 Å². The van der Waals surface area contributed by atoms with E-state index in [1.807, 2.05) is 0 Å². The quantitative estimate of drug-likeness (QED) is 0.614. The molecule has 0 spiro atoms. The average molecular weight is 192 g/mol. The molecule has 1 aliphatic rings. The summed E-state index contributed by atoms with van der Waals surface area (Å²) < 4.78 is 4.15. The van der Waals surface area contributed by atoms with Gasteiger partial charge in [0, 0.05) is 0 Å². The van der Waals surface area contributed by atoms with Crippen molar-refractivity contribution in [1.29, 1.82) is 0 Å². The first-order valence-electron chi connectivity index (χ1n) is 5.57. The van der Waals surface area contributed by atoms with E-state index in [2.05, 4.69) is 47.2 Å². The van der Waals surface area contributed by atoms with E-state index in [0.29, 0.717) is 0 Å². The van der Waals surface area contributed by atoms with Crippen molar-refractivity contribution < 1.29 is 0 Å². The zero-order valence-corrected chi connectivity index (χ0v) is 10.6. The van der Waals surface area contributed by atoms with Gasteiger partial charge in [0.15, 0.2) is 0 Å². The Hall–Kier alpha value is 0.734. The van der Waals surface area contributed by atoms with E-state index in [4.69, 9.17) is 0 Å². The normalized spacial score (nSPS) is 22.2. The molecular weight excluding hydrogens is 171 g/mol. The Labute approximate surface area is 93.0 Å². The summed E-state index contributed by atoms with van der Waals surface area (Å²) in [6.07, 6.45) is 0. The molecule has 1 rings (SSSR count). The third-order valence-electron chi connectivity index (χ3n) is 3.54. The van der Waals surface area contributed by atoms with Gasteiger partial charge in [0.25, 0.3) is 0 Å². The van der Waals surface area contributed by atoms with Gasteiger partial charge in [-0.05, 0) is 0 Å². The Morgan fingerprint density at radius 2 is 1.69 bits per heavy atom. The Morgan fingerprint density at radius 3 is 2.08 bits per heavy atom. The summed E-state index contributed by atoms with van der Waals surface area (Å²) in [5.74, 6) is 0. The van der Waals surface area contributed by atoms with E-state index < -0.39 is 8.24 Å². The average Bonchev–Trinajstić information content (AvgIpc) is 2.18. The Balaban J connectivity index is 2.40. The van der Waals surface area contributed by atoms with Crippen molar-refractivity contribution in [2.75, 3.05) is 32.7 Å². The first-order valence-corrected chi connectivity index (χ1v) is 8.73. The van der Waals surface area contributed by atoms with Gasteiger partial charge in [-0.15, -0.1) is 0 Å². The van der Waals surface area contributed by atoms with Gasteiger partial charge in [0.1, 0.15) is 0 Å². The predicted octanol–water partition coefficient (Wildman–Crippen LogP) is 0.955. The molecule has 1 saturated heterocycles. The van der Waals surface area contributed by atoms with Gasteiger partial charge in [-0.2, -0.15) is 0 Å². The zero-order chi connectivity index (χ0) is 9.90. The van der Waals surface area contributed by atoms with Crippen molar-refractivity contribution in [2.45, 2.75) is 24.7 Å². The van der Waals surface area contributed by atoms with Gasteiger partial charge < -0.3 is 0 Å². The van der Waals surface area contributed by atoms with Crippen molar-refractivity contribution in [3.05, 3.63) is 0 Å². The number of likely N-dealkylation sites (N-methyl/N-ethyl adjacent to an activating group) is 1. The van der Waals surface area contributed by atoms with Gasteiger partial charge in [0.2, 0.25) is 0 Å². The van der Waals surface area contributed by atoms with Crippen molar-refractivity contribution in [1.82, 2.24) is 9.47 Å². The molecule has 4 heteroatoms. The van der Waals surface area contributed by atoms with E-state index in [9.17, 15) is 0 Å². The molecule has 0 aromatic heterocycles. The van der Waals surface area contributed by atoms with Crippen LogP contribution in [0.4, 0.5) is 0 Å². The summed E-state index contributed by atoms with van der Waals surface area (Å²) in [7, 11) is -1.01. The Kier molecular flexibility index (Phi) is 4.54. The van der Waals surface area contributed by atoms with Crippen molar-refractivity contribution in [3.63, 3.8) is 0 Å². The SMILES string of the molecule is [Li][CH2][Si](C)(C)N1CCN(CC)CC1. The van der Waals surface area contributed by atoms with Crippen LogP contribution in [0.3, 0.4) is 0 Å². The van der Waals surface area contributed by atoms with E-state index in [0.717, 1.165) is 0 Å². The number of piperazine rings is 1. The summed E-state index contributed by atoms with van der Waals surface area (Å²) in [6.45, 7) is 13.7. The topological polar surface area (TPSA) is 6.48 Å². The van der Waals surface area contributed by atoms with E-state index >= 15 is 0 Å². The summed E-state index contributed by atoms with van der Waals surface area (Å²) in [5, 5.41) is 0. The second-order valence-corrected chi connectivity index (χ2v) is 9.55. The molecule has 0 atom stereocenters. The molecule has 72 valence electrons. The second-order valence-electron chi connectivity index (χ2n) is 4.59. The fourth-order valence-corrected chi connectivity index (χ4v) is 3.75. The first-order chi connectivity index (χ1) is 6.10. The van der Waals surface area contributed by atoms with Crippen molar-refractivity contribution in [3.8, 4) is 0 Å². The van der Waals surface area contributed by atoms with E-state index in [1.54, 1.807) is 0 Å². The fourth-order valence-electron chi connectivity index (χ4n) is 1.89. The van der Waals surface area contributed by atoms with Crippen LogP contribution in [0.25, 0.3) is 0 Å². The standard InChI is InChI=1S/C9H21N2Si.Li/c1-5-10-6-8-11(9-7-10)12(2,3)4;/h2,5-9H2,1,3-4H3;. The molecule has 0 aromatic rings. The number of hydrogen-bond acceptors (Lipinski definition) is 2. The minimum atomic E-state index is -1.01. The van der Waals surface area contributed by atoms with Crippen molar-refractivity contribution >= 4 is 26.0 Å². The zero-order valence-electron chi connectivity index (χ0n) is 9.64. The molecule has 0 saturated carbocycles. The molecule has 1 fully saturated rings. The van der Waals surface area contributed by atoms with Gasteiger partial charge >= 0.3 is 92.9 Å². The maximum atomic E-state index is 2.76. The third-order valence-corrected chi connectivity index (χ3v) is 7.43. The molecule has 0 aliphatic carbocycles. The molecular formula is C9H21LiN2Si. The number of rotatable bonds is 3. The van der Waals surface area contributed by atoms with Crippen LogP contribution in [-0.4, -0.2) is 68.1 Å². The summed E-state index contributed by atoms with van der Waals surface area (Å²) in [5.41, 5.74) is 0. The fraction of sp³-hybridized carbons (Fsp3) is 1.00. The third kappa shape index (κ3) is 3.11. The van der Waals surface area contributed by atoms with Gasteiger partial charge in [-0.3, -0.25) is 0 Å². The predicted molar refractivity (Wildman–Crippen MR) is 61.7 cm³/mol. The molecule has 0 unspecified atom stereocenters. The van der Waals surface area contributed by atoms with Crippen LogP contribution in [-0.2, 0) is 0 Å². The van der Waals surface area contributed by atoms with Crippen LogP contribution >= 0.6 is 0 Å². The Bertz CT molecular complexity index is 156. The second kappa shape index (κ2) is 5.00. The molecule has 2 nitrogen and oxygen atoms in total. The maximum absolute atomic E-state index is 2.76. The minimum absolute atomic E-state index is 1.01. The van der Waals surface area contributed by atoms with Crippen LogP contribution in [0, 0.1) is 0 Å². The first kappa shape index (κ1) is 11.8. The molecule has 0 aromatic carbocycles. The van der Waals surface area contributed by atoms with E-state index in [-0.39, 0.29) is 0 Å². The summed E-state index contributed by atoms with van der Waals surface area (Å²) in [4.78, 5) is 2.55. The van der Waals surface area contributed by atoms with Crippen LogP contribution in [0.2, 0.25) is 17.8 Å². The van der Waals surface area contributed by atoms with Gasteiger partial charge in [-0.1, -0.05) is 0 Å².